The molecule has 2 unspecified atom stereocenters. The summed E-state index contributed by atoms with van der Waals surface area (Å²) < 4.78 is 6.10. The summed E-state index contributed by atoms with van der Waals surface area (Å²) in [5.74, 6) is 2.85. The number of hydrogen-bond donors (Lipinski definition) is 0. The van der Waals surface area contributed by atoms with E-state index in [1.807, 2.05) is 12.4 Å². The summed E-state index contributed by atoms with van der Waals surface area (Å²) in [6, 6.07) is 8.37. The lowest BCUT2D eigenvalue weighted by molar-refractivity contribution is 0.190. The highest BCUT2D eigenvalue weighted by molar-refractivity contribution is 5.58. The summed E-state index contributed by atoms with van der Waals surface area (Å²) in [4.78, 5) is 9.27. The first kappa shape index (κ1) is 27.7. The van der Waals surface area contributed by atoms with Gasteiger partial charge in [0.2, 0.25) is 0 Å². The van der Waals surface area contributed by atoms with Crippen molar-refractivity contribution in [3.05, 3.63) is 42.4 Å². The van der Waals surface area contributed by atoms with E-state index in [4.69, 9.17) is 4.74 Å². The maximum absolute atomic E-state index is 6.10. The van der Waals surface area contributed by atoms with E-state index in [1.165, 1.54) is 103 Å². The molecular formula is C32H50N2O. The van der Waals surface area contributed by atoms with Crippen molar-refractivity contribution in [1.82, 2.24) is 9.97 Å². The first-order valence-corrected chi connectivity index (χ1v) is 14.8. The van der Waals surface area contributed by atoms with Crippen LogP contribution >= 0.6 is 0 Å². The van der Waals surface area contributed by atoms with Gasteiger partial charge in [-0.15, -0.1) is 0 Å². The van der Waals surface area contributed by atoms with Crippen molar-refractivity contribution in [2.24, 2.45) is 11.8 Å². The molecule has 194 valence electrons. The van der Waals surface area contributed by atoms with Crippen LogP contribution in [0.2, 0.25) is 0 Å². The molecular weight excluding hydrogens is 428 g/mol. The zero-order chi connectivity index (χ0) is 24.6. The molecule has 1 fully saturated rings. The van der Waals surface area contributed by atoms with Crippen molar-refractivity contribution in [3.8, 4) is 17.0 Å². The lowest BCUT2D eigenvalue weighted by atomic mass is 9.74. The maximum atomic E-state index is 6.10. The van der Waals surface area contributed by atoms with Crippen molar-refractivity contribution in [3.63, 3.8) is 0 Å². The number of aryl methyl sites for hydroxylation is 1. The van der Waals surface area contributed by atoms with Gasteiger partial charge >= 0.3 is 0 Å². The third-order valence-electron chi connectivity index (χ3n) is 7.87. The molecule has 0 N–H and O–H groups in total. The Kier molecular flexibility index (Phi) is 13.2. The predicted octanol–water partition coefficient (Wildman–Crippen LogP) is 9.59. The minimum atomic E-state index is 0.825. The molecule has 3 heteroatoms. The second kappa shape index (κ2) is 16.7. The molecule has 3 nitrogen and oxygen atoms in total. The molecule has 0 amide bonds. The standard InChI is InChI=1S/C32H50N2O/c1-3-5-7-9-10-15-27-16-12-13-17-28(27)18-14-24-35-31-22-20-29(21-23-31)32-26-33-30(25-34-32)19-11-8-6-4-2/h20-23,25-28H,3-19,24H2,1-2H3. The highest BCUT2D eigenvalue weighted by atomic mass is 16.5. The third kappa shape index (κ3) is 10.3. The lowest BCUT2D eigenvalue weighted by Gasteiger charge is -2.31. The first-order valence-electron chi connectivity index (χ1n) is 14.8. The topological polar surface area (TPSA) is 35.0 Å². The van der Waals surface area contributed by atoms with E-state index < -0.39 is 0 Å². The molecule has 1 heterocycles. The zero-order valence-electron chi connectivity index (χ0n) is 22.6. The van der Waals surface area contributed by atoms with Crippen LogP contribution in [0.3, 0.4) is 0 Å². The Morgan fingerprint density at radius 1 is 0.714 bits per heavy atom. The van der Waals surface area contributed by atoms with Gasteiger partial charge in [0.05, 0.1) is 24.2 Å². The van der Waals surface area contributed by atoms with Gasteiger partial charge in [-0.25, -0.2) is 0 Å². The summed E-state index contributed by atoms with van der Waals surface area (Å²) in [7, 11) is 0. The summed E-state index contributed by atoms with van der Waals surface area (Å²) in [6.07, 6.45) is 26.7. The fraction of sp³-hybridized carbons (Fsp3) is 0.688. The van der Waals surface area contributed by atoms with E-state index in [-0.39, 0.29) is 0 Å². The molecule has 35 heavy (non-hydrogen) atoms. The number of nitrogens with zero attached hydrogens (tertiary/aromatic N) is 2. The van der Waals surface area contributed by atoms with Crippen LogP contribution in [0, 0.1) is 11.8 Å². The smallest absolute Gasteiger partial charge is 0.119 e. The first-order chi connectivity index (χ1) is 17.3. The van der Waals surface area contributed by atoms with Crippen LogP contribution in [-0.2, 0) is 6.42 Å². The largest absolute Gasteiger partial charge is 0.494 e. The fourth-order valence-electron chi connectivity index (χ4n) is 5.68. The molecule has 1 aliphatic rings. The predicted molar refractivity (Wildman–Crippen MR) is 149 cm³/mol. The molecule has 2 atom stereocenters. The van der Waals surface area contributed by atoms with Gasteiger partial charge in [0.1, 0.15) is 5.75 Å². The van der Waals surface area contributed by atoms with Gasteiger partial charge in [-0.1, -0.05) is 97.3 Å². The van der Waals surface area contributed by atoms with Crippen molar-refractivity contribution in [1.29, 1.82) is 0 Å². The second-order valence-corrected chi connectivity index (χ2v) is 10.7. The van der Waals surface area contributed by atoms with Crippen molar-refractivity contribution < 1.29 is 4.74 Å². The van der Waals surface area contributed by atoms with Crippen LogP contribution in [0.25, 0.3) is 11.3 Å². The second-order valence-electron chi connectivity index (χ2n) is 10.7. The number of benzene rings is 1. The van der Waals surface area contributed by atoms with Crippen molar-refractivity contribution in [2.45, 2.75) is 123 Å². The van der Waals surface area contributed by atoms with Crippen LogP contribution in [-0.4, -0.2) is 16.6 Å². The molecule has 3 rings (SSSR count). The number of unbranched alkanes of at least 4 members (excludes halogenated alkanes) is 7. The van der Waals surface area contributed by atoms with Gasteiger partial charge in [0, 0.05) is 11.8 Å². The maximum Gasteiger partial charge on any atom is 0.119 e. The van der Waals surface area contributed by atoms with Crippen LogP contribution in [0.4, 0.5) is 0 Å². The van der Waals surface area contributed by atoms with E-state index in [0.29, 0.717) is 0 Å². The third-order valence-corrected chi connectivity index (χ3v) is 7.87. The summed E-state index contributed by atoms with van der Waals surface area (Å²) in [5.41, 5.74) is 3.14. The van der Waals surface area contributed by atoms with Gasteiger partial charge in [-0.2, -0.15) is 0 Å². The van der Waals surface area contributed by atoms with Crippen LogP contribution < -0.4 is 4.74 Å². The van der Waals surface area contributed by atoms with Gasteiger partial charge in [0.15, 0.2) is 0 Å². The molecule has 0 saturated heterocycles. The number of rotatable bonds is 17. The van der Waals surface area contributed by atoms with E-state index in [1.54, 1.807) is 0 Å². The Morgan fingerprint density at radius 3 is 2.03 bits per heavy atom. The number of hydrogen-bond acceptors (Lipinski definition) is 3. The average Bonchev–Trinajstić information content (AvgIpc) is 2.90. The Bertz CT molecular complexity index is 786. The molecule has 1 aliphatic carbocycles. The van der Waals surface area contributed by atoms with Crippen molar-refractivity contribution >= 4 is 0 Å². The summed E-state index contributed by atoms with van der Waals surface area (Å²) >= 11 is 0. The normalized spacial score (nSPS) is 18.0. The van der Waals surface area contributed by atoms with Gasteiger partial charge in [0.25, 0.3) is 0 Å². The van der Waals surface area contributed by atoms with E-state index in [9.17, 15) is 0 Å². The molecule has 0 radical (unpaired) electrons. The Hall–Kier alpha value is -1.90. The van der Waals surface area contributed by atoms with E-state index in [2.05, 4.69) is 48.1 Å². The average molecular weight is 479 g/mol. The SMILES string of the molecule is CCCCCCCC1CCCCC1CCCOc1ccc(-c2cnc(CCCCCC)cn2)cc1. The highest BCUT2D eigenvalue weighted by Crippen LogP contribution is 2.36. The van der Waals surface area contributed by atoms with Crippen molar-refractivity contribution in [2.75, 3.05) is 6.61 Å². The van der Waals surface area contributed by atoms with Gasteiger partial charge in [-0.05, 0) is 61.8 Å². The zero-order valence-corrected chi connectivity index (χ0v) is 22.6. The quantitative estimate of drug-likeness (QED) is 0.212. The van der Waals surface area contributed by atoms with E-state index >= 15 is 0 Å². The van der Waals surface area contributed by atoms with E-state index in [0.717, 1.165) is 47.6 Å². The molecule has 1 saturated carbocycles. The van der Waals surface area contributed by atoms with Gasteiger partial charge < -0.3 is 4.74 Å². The molecule has 2 aromatic rings. The number of ether oxygens (including phenoxy) is 1. The Labute approximate surface area is 215 Å². The molecule has 0 spiro atoms. The molecule has 1 aromatic carbocycles. The molecule has 1 aromatic heterocycles. The minimum absolute atomic E-state index is 0.825. The minimum Gasteiger partial charge on any atom is -0.494 e. The lowest BCUT2D eigenvalue weighted by Crippen LogP contribution is -2.20. The van der Waals surface area contributed by atoms with Crippen LogP contribution in [0.15, 0.2) is 36.7 Å². The van der Waals surface area contributed by atoms with Crippen LogP contribution in [0.5, 0.6) is 5.75 Å². The monoisotopic (exact) mass is 478 g/mol. The molecule has 0 aliphatic heterocycles. The van der Waals surface area contributed by atoms with Crippen LogP contribution in [0.1, 0.15) is 122 Å². The highest BCUT2D eigenvalue weighted by Gasteiger charge is 2.24. The summed E-state index contributed by atoms with van der Waals surface area (Å²) in [6.45, 7) is 5.37. The molecule has 0 bridgehead atoms. The Balaban J connectivity index is 1.36. The Morgan fingerprint density at radius 2 is 1.37 bits per heavy atom. The van der Waals surface area contributed by atoms with Gasteiger partial charge in [-0.3, -0.25) is 9.97 Å². The summed E-state index contributed by atoms with van der Waals surface area (Å²) in [5, 5.41) is 0. The fourth-order valence-corrected chi connectivity index (χ4v) is 5.68. The number of aromatic nitrogens is 2.